The van der Waals surface area contributed by atoms with E-state index in [0.717, 1.165) is 4.90 Å². The van der Waals surface area contributed by atoms with Gasteiger partial charge in [0.05, 0.1) is 5.02 Å². The Morgan fingerprint density at radius 2 is 2.23 bits per heavy atom. The fraction of sp³-hybridized carbons (Fsp3) is 0.0769. The minimum Gasteiger partial charge on any atom is -0.382 e. The summed E-state index contributed by atoms with van der Waals surface area (Å²) >= 11 is 7.57. The molecule has 0 aliphatic carbocycles. The number of amides is 1. The third kappa shape index (κ3) is 2.97. The van der Waals surface area contributed by atoms with E-state index in [1.54, 1.807) is 18.2 Å². The van der Waals surface area contributed by atoms with Gasteiger partial charge in [-0.05, 0) is 18.2 Å². The van der Waals surface area contributed by atoms with E-state index in [-0.39, 0.29) is 5.91 Å². The zero-order valence-corrected chi connectivity index (χ0v) is 13.0. The third-order valence-corrected chi connectivity index (χ3v) is 4.14. The van der Waals surface area contributed by atoms with Gasteiger partial charge in [0.1, 0.15) is 6.33 Å². The number of anilines is 2. The number of fused-ring (bicyclic) bond motifs is 1. The largest absolute Gasteiger partial charge is 0.382 e. The van der Waals surface area contributed by atoms with Crippen LogP contribution in [0.5, 0.6) is 0 Å². The van der Waals surface area contributed by atoms with Crippen molar-refractivity contribution in [3.8, 4) is 0 Å². The fourth-order valence-corrected chi connectivity index (χ4v) is 2.92. The molecule has 7 nitrogen and oxygen atoms in total. The second-order valence-electron chi connectivity index (χ2n) is 4.43. The number of hydrogen-bond donors (Lipinski definition) is 3. The van der Waals surface area contributed by atoms with Gasteiger partial charge in [-0.2, -0.15) is 0 Å². The van der Waals surface area contributed by atoms with Crippen molar-refractivity contribution in [3.05, 3.63) is 29.5 Å². The van der Waals surface area contributed by atoms with E-state index in [0.29, 0.717) is 32.8 Å². The second-order valence-corrected chi connectivity index (χ2v) is 5.86. The van der Waals surface area contributed by atoms with Crippen molar-refractivity contribution < 1.29 is 4.79 Å². The summed E-state index contributed by atoms with van der Waals surface area (Å²) in [5.74, 6) is 0.169. The lowest BCUT2D eigenvalue weighted by Crippen LogP contribution is -2.05. The molecule has 9 heteroatoms. The van der Waals surface area contributed by atoms with Crippen LogP contribution >= 0.6 is 23.4 Å². The van der Waals surface area contributed by atoms with Gasteiger partial charge in [-0.1, -0.05) is 23.4 Å². The van der Waals surface area contributed by atoms with Gasteiger partial charge in [0.2, 0.25) is 5.91 Å². The Morgan fingerprint density at radius 3 is 2.91 bits per heavy atom. The van der Waals surface area contributed by atoms with Gasteiger partial charge < -0.3 is 16.0 Å². The predicted molar refractivity (Wildman–Crippen MR) is 86.0 cm³/mol. The van der Waals surface area contributed by atoms with Crippen LogP contribution in [0.4, 0.5) is 11.5 Å². The van der Waals surface area contributed by atoms with Crippen LogP contribution in [0.1, 0.15) is 6.92 Å². The van der Waals surface area contributed by atoms with Crippen molar-refractivity contribution >= 4 is 51.9 Å². The zero-order valence-electron chi connectivity index (χ0n) is 11.4. The third-order valence-electron chi connectivity index (χ3n) is 2.75. The average molecular weight is 335 g/mol. The summed E-state index contributed by atoms with van der Waals surface area (Å²) in [6.07, 6.45) is 1.37. The number of H-pyrrole nitrogens is 1. The molecule has 3 aromatic rings. The van der Waals surface area contributed by atoms with Gasteiger partial charge in [-0.25, -0.2) is 15.0 Å². The first-order valence-corrected chi connectivity index (χ1v) is 7.43. The van der Waals surface area contributed by atoms with Gasteiger partial charge in [0, 0.05) is 17.5 Å². The van der Waals surface area contributed by atoms with E-state index in [4.69, 9.17) is 17.3 Å². The molecule has 4 N–H and O–H groups in total. The molecule has 0 fully saturated rings. The predicted octanol–water partition coefficient (Wildman–Crippen LogP) is 2.70. The van der Waals surface area contributed by atoms with Crippen LogP contribution < -0.4 is 11.1 Å². The highest BCUT2D eigenvalue weighted by atomic mass is 35.5. The molecule has 1 aromatic carbocycles. The molecule has 0 atom stereocenters. The molecule has 1 amide bonds. The summed E-state index contributed by atoms with van der Waals surface area (Å²) in [5.41, 5.74) is 7.48. The molecule has 0 aliphatic heterocycles. The van der Waals surface area contributed by atoms with Crippen molar-refractivity contribution in [3.63, 3.8) is 0 Å². The first-order valence-electron chi connectivity index (χ1n) is 6.24. The average Bonchev–Trinajstić information content (AvgIpc) is 2.85. The summed E-state index contributed by atoms with van der Waals surface area (Å²) in [4.78, 5) is 27.2. The molecule has 112 valence electrons. The number of halogens is 1. The molecule has 2 aromatic heterocycles. The number of nitrogens with two attached hydrogens (primary N) is 1. The van der Waals surface area contributed by atoms with E-state index >= 15 is 0 Å². The van der Waals surface area contributed by atoms with E-state index in [1.165, 1.54) is 25.0 Å². The number of aromatic amines is 1. The second kappa shape index (κ2) is 5.82. The highest BCUT2D eigenvalue weighted by Crippen LogP contribution is 2.34. The molecule has 22 heavy (non-hydrogen) atoms. The molecule has 3 rings (SSSR count). The molecule has 0 saturated heterocycles. The number of benzene rings is 1. The van der Waals surface area contributed by atoms with E-state index < -0.39 is 0 Å². The normalized spacial score (nSPS) is 10.8. The summed E-state index contributed by atoms with van der Waals surface area (Å²) in [6, 6.07) is 5.26. The van der Waals surface area contributed by atoms with Crippen LogP contribution in [-0.4, -0.2) is 25.8 Å². The summed E-state index contributed by atoms with van der Waals surface area (Å²) in [7, 11) is 0. The Balaban J connectivity index is 1.88. The van der Waals surface area contributed by atoms with E-state index in [1.807, 2.05) is 0 Å². The van der Waals surface area contributed by atoms with Crippen LogP contribution in [0.15, 0.2) is 34.6 Å². The van der Waals surface area contributed by atoms with Gasteiger partial charge in [-0.15, -0.1) is 0 Å². The monoisotopic (exact) mass is 334 g/mol. The number of aromatic nitrogens is 4. The Kier molecular flexibility index (Phi) is 3.86. The maximum absolute atomic E-state index is 11.0. The molecule has 0 bridgehead atoms. The lowest BCUT2D eigenvalue weighted by atomic mass is 10.3. The van der Waals surface area contributed by atoms with Crippen LogP contribution in [-0.2, 0) is 4.79 Å². The number of carbonyl (C=O) groups is 1. The number of imidazole rings is 1. The quantitative estimate of drug-likeness (QED) is 0.679. The number of nitrogen functional groups attached to an aromatic ring is 1. The minimum absolute atomic E-state index is 0.150. The lowest BCUT2D eigenvalue weighted by molar-refractivity contribution is -0.114. The maximum Gasteiger partial charge on any atom is 0.221 e. The summed E-state index contributed by atoms with van der Waals surface area (Å²) in [5, 5.41) is 3.79. The summed E-state index contributed by atoms with van der Waals surface area (Å²) in [6.45, 7) is 1.44. The van der Waals surface area contributed by atoms with Crippen LogP contribution in [0, 0.1) is 0 Å². The Hall–Kier alpha value is -2.32. The molecule has 0 radical (unpaired) electrons. The first-order chi connectivity index (χ1) is 10.5. The minimum atomic E-state index is -0.150. The van der Waals surface area contributed by atoms with E-state index in [2.05, 4.69) is 25.3 Å². The summed E-state index contributed by atoms with van der Waals surface area (Å²) < 4.78 is 0. The standard InChI is InChI=1S/C13H11ClN6OS/c1-6(21)18-7-2-3-9(8(14)4-7)22-13-19-10-11(15)16-5-17-12(10)20-13/h2-5H,1H3,(H,18,21)(H3,15,16,17,19,20). The highest BCUT2D eigenvalue weighted by Gasteiger charge is 2.11. The Morgan fingerprint density at radius 1 is 1.41 bits per heavy atom. The molecular formula is C13H11ClN6OS. The van der Waals surface area contributed by atoms with Crippen LogP contribution in [0.25, 0.3) is 11.2 Å². The van der Waals surface area contributed by atoms with Crippen molar-refractivity contribution in [1.29, 1.82) is 0 Å². The molecular weight excluding hydrogens is 324 g/mol. The van der Waals surface area contributed by atoms with Gasteiger partial charge in [0.15, 0.2) is 22.1 Å². The van der Waals surface area contributed by atoms with E-state index in [9.17, 15) is 4.79 Å². The first kappa shape index (κ1) is 14.6. The van der Waals surface area contributed by atoms with Crippen molar-refractivity contribution in [2.45, 2.75) is 17.0 Å². The number of nitrogens with one attached hydrogen (secondary N) is 2. The number of rotatable bonds is 3. The molecule has 0 spiro atoms. The van der Waals surface area contributed by atoms with Crippen molar-refractivity contribution in [1.82, 2.24) is 19.9 Å². The number of hydrogen-bond acceptors (Lipinski definition) is 6. The Bertz CT molecular complexity index is 865. The Labute approximate surface area is 134 Å². The maximum atomic E-state index is 11.0. The van der Waals surface area contributed by atoms with Crippen molar-refractivity contribution in [2.24, 2.45) is 0 Å². The van der Waals surface area contributed by atoms with Gasteiger partial charge in [0.25, 0.3) is 0 Å². The fourth-order valence-electron chi connectivity index (χ4n) is 1.84. The molecule has 2 heterocycles. The van der Waals surface area contributed by atoms with Crippen LogP contribution in [0.3, 0.4) is 0 Å². The smallest absolute Gasteiger partial charge is 0.221 e. The topological polar surface area (TPSA) is 110 Å². The van der Waals surface area contributed by atoms with Gasteiger partial charge in [-0.3, -0.25) is 4.79 Å². The SMILES string of the molecule is CC(=O)Nc1ccc(Sc2nc3c(N)ncnc3[nH]2)c(Cl)c1. The van der Waals surface area contributed by atoms with Gasteiger partial charge >= 0.3 is 0 Å². The lowest BCUT2D eigenvalue weighted by Gasteiger charge is -2.05. The number of nitrogens with zero attached hydrogens (tertiary/aromatic N) is 3. The van der Waals surface area contributed by atoms with Crippen molar-refractivity contribution in [2.75, 3.05) is 11.1 Å². The van der Waals surface area contributed by atoms with Crippen LogP contribution in [0.2, 0.25) is 5.02 Å². The number of carbonyl (C=O) groups excluding carboxylic acids is 1. The highest BCUT2D eigenvalue weighted by molar-refractivity contribution is 7.99. The molecule has 0 saturated carbocycles. The molecule has 0 aliphatic rings. The molecule has 0 unspecified atom stereocenters. The zero-order chi connectivity index (χ0) is 15.7.